The molecule has 0 bridgehead atoms. The highest BCUT2D eigenvalue weighted by Crippen LogP contribution is 2.02. The Bertz CT molecular complexity index is 514. The van der Waals surface area contributed by atoms with Crippen molar-refractivity contribution in [1.29, 1.82) is 0 Å². The smallest absolute Gasteiger partial charge is 0.187 e. The molecule has 2 rings (SSSR count). The van der Waals surface area contributed by atoms with Gasteiger partial charge in [0, 0.05) is 19.3 Å². The van der Waals surface area contributed by atoms with E-state index in [0.29, 0.717) is 17.8 Å². The summed E-state index contributed by atoms with van der Waals surface area (Å²) in [6, 6.07) is 0. The molecule has 17 heavy (non-hydrogen) atoms. The SMILES string of the molecule is CCn1cc(C(=O)Cn2cc(CN)nn2)cn1. The van der Waals surface area contributed by atoms with E-state index < -0.39 is 0 Å². The van der Waals surface area contributed by atoms with E-state index in [4.69, 9.17) is 5.73 Å². The van der Waals surface area contributed by atoms with Crippen molar-refractivity contribution in [2.24, 2.45) is 5.73 Å². The largest absolute Gasteiger partial charge is 0.325 e. The summed E-state index contributed by atoms with van der Waals surface area (Å²) < 4.78 is 3.19. The van der Waals surface area contributed by atoms with E-state index in [-0.39, 0.29) is 12.3 Å². The molecule has 2 aromatic rings. The van der Waals surface area contributed by atoms with E-state index in [0.717, 1.165) is 6.54 Å². The molecule has 0 fully saturated rings. The molecule has 2 aromatic heterocycles. The minimum atomic E-state index is -0.0434. The lowest BCUT2D eigenvalue weighted by atomic mass is 10.2. The molecule has 0 amide bonds. The van der Waals surface area contributed by atoms with Crippen LogP contribution in [0.4, 0.5) is 0 Å². The Morgan fingerprint density at radius 3 is 2.82 bits per heavy atom. The van der Waals surface area contributed by atoms with Crippen LogP contribution in [-0.4, -0.2) is 30.6 Å². The standard InChI is InChI=1S/C10H14N6O/c1-2-15-5-8(4-12-15)10(17)7-16-6-9(3-11)13-14-16/h4-6H,2-3,7,11H2,1H3. The number of carbonyl (C=O) groups is 1. The number of ketones is 1. The van der Waals surface area contributed by atoms with Gasteiger partial charge in [-0.15, -0.1) is 5.10 Å². The topological polar surface area (TPSA) is 91.6 Å². The maximum atomic E-state index is 11.9. The van der Waals surface area contributed by atoms with Gasteiger partial charge in [-0.2, -0.15) is 5.10 Å². The lowest BCUT2D eigenvalue weighted by Gasteiger charge is -1.96. The van der Waals surface area contributed by atoms with Crippen molar-refractivity contribution in [2.75, 3.05) is 0 Å². The molecule has 0 saturated heterocycles. The van der Waals surface area contributed by atoms with Gasteiger partial charge in [0.1, 0.15) is 6.54 Å². The van der Waals surface area contributed by atoms with Crippen LogP contribution in [0.5, 0.6) is 0 Å². The predicted octanol–water partition coefficient (Wildman–Crippen LogP) is -0.164. The summed E-state index contributed by atoms with van der Waals surface area (Å²) in [6.45, 7) is 3.19. The number of hydrogen-bond donors (Lipinski definition) is 1. The Labute approximate surface area is 98.2 Å². The number of hydrogen-bond acceptors (Lipinski definition) is 5. The van der Waals surface area contributed by atoms with E-state index in [2.05, 4.69) is 15.4 Å². The second-order valence-corrected chi connectivity index (χ2v) is 3.62. The van der Waals surface area contributed by atoms with Crippen molar-refractivity contribution >= 4 is 5.78 Å². The average Bonchev–Trinajstić information content (AvgIpc) is 2.96. The first-order valence-electron chi connectivity index (χ1n) is 5.37. The van der Waals surface area contributed by atoms with Crippen LogP contribution in [-0.2, 0) is 19.6 Å². The number of nitrogens with two attached hydrogens (primary N) is 1. The van der Waals surface area contributed by atoms with Crippen LogP contribution in [0.3, 0.4) is 0 Å². The van der Waals surface area contributed by atoms with Crippen LogP contribution in [0.25, 0.3) is 0 Å². The molecule has 0 aliphatic heterocycles. The van der Waals surface area contributed by atoms with E-state index in [1.165, 1.54) is 4.68 Å². The Morgan fingerprint density at radius 1 is 1.41 bits per heavy atom. The maximum absolute atomic E-state index is 11.9. The summed E-state index contributed by atoms with van der Waals surface area (Å²) in [5, 5.41) is 11.7. The number of rotatable bonds is 5. The zero-order valence-electron chi connectivity index (χ0n) is 9.58. The van der Waals surface area contributed by atoms with E-state index in [9.17, 15) is 4.79 Å². The van der Waals surface area contributed by atoms with E-state index in [1.54, 1.807) is 23.3 Å². The van der Waals surface area contributed by atoms with Gasteiger partial charge in [0.2, 0.25) is 0 Å². The summed E-state index contributed by atoms with van der Waals surface area (Å²) in [5.41, 5.74) is 6.66. The van der Waals surface area contributed by atoms with Gasteiger partial charge < -0.3 is 5.73 Å². The fourth-order valence-electron chi connectivity index (χ4n) is 1.43. The molecule has 2 N–H and O–H groups in total. The molecule has 0 spiro atoms. The zero-order valence-corrected chi connectivity index (χ0v) is 9.58. The van der Waals surface area contributed by atoms with Gasteiger partial charge in [-0.1, -0.05) is 5.21 Å². The first-order valence-corrected chi connectivity index (χ1v) is 5.37. The van der Waals surface area contributed by atoms with Crippen LogP contribution >= 0.6 is 0 Å². The van der Waals surface area contributed by atoms with Crippen molar-refractivity contribution in [3.63, 3.8) is 0 Å². The third kappa shape index (κ3) is 2.56. The maximum Gasteiger partial charge on any atom is 0.187 e. The number of aryl methyl sites for hydroxylation is 1. The molecule has 0 radical (unpaired) electrons. The molecule has 0 unspecified atom stereocenters. The normalized spacial score (nSPS) is 10.7. The van der Waals surface area contributed by atoms with Crippen molar-refractivity contribution in [3.05, 3.63) is 29.8 Å². The fourth-order valence-corrected chi connectivity index (χ4v) is 1.43. The summed E-state index contributed by atoms with van der Waals surface area (Å²) in [7, 11) is 0. The van der Waals surface area contributed by atoms with Gasteiger partial charge in [-0.25, -0.2) is 4.68 Å². The van der Waals surface area contributed by atoms with Crippen molar-refractivity contribution in [1.82, 2.24) is 24.8 Å². The second kappa shape index (κ2) is 4.88. The summed E-state index contributed by atoms with van der Waals surface area (Å²) >= 11 is 0. The molecular weight excluding hydrogens is 220 g/mol. The monoisotopic (exact) mass is 234 g/mol. The van der Waals surface area contributed by atoms with Gasteiger partial charge >= 0.3 is 0 Å². The molecule has 0 aliphatic rings. The Balaban J connectivity index is 2.05. The fraction of sp³-hybridized carbons (Fsp3) is 0.400. The van der Waals surface area contributed by atoms with Crippen LogP contribution < -0.4 is 5.73 Å². The number of nitrogens with zero attached hydrogens (tertiary/aromatic N) is 5. The molecule has 0 atom stereocenters. The zero-order chi connectivity index (χ0) is 12.3. The molecule has 7 heteroatoms. The molecule has 0 aromatic carbocycles. The average molecular weight is 234 g/mol. The van der Waals surface area contributed by atoms with Gasteiger partial charge in [0.25, 0.3) is 0 Å². The molecule has 2 heterocycles. The molecule has 0 saturated carbocycles. The van der Waals surface area contributed by atoms with Gasteiger partial charge in [-0.05, 0) is 6.92 Å². The first-order chi connectivity index (χ1) is 8.22. The highest BCUT2D eigenvalue weighted by molar-refractivity contribution is 5.95. The Morgan fingerprint density at radius 2 is 2.24 bits per heavy atom. The summed E-state index contributed by atoms with van der Waals surface area (Å²) in [4.78, 5) is 11.9. The van der Waals surface area contributed by atoms with E-state index >= 15 is 0 Å². The Kier molecular flexibility index (Phi) is 3.29. The van der Waals surface area contributed by atoms with Crippen LogP contribution in [0, 0.1) is 0 Å². The van der Waals surface area contributed by atoms with Gasteiger partial charge in [-0.3, -0.25) is 9.48 Å². The lowest BCUT2D eigenvalue weighted by molar-refractivity contribution is 0.0967. The minimum Gasteiger partial charge on any atom is -0.325 e. The predicted molar refractivity (Wildman–Crippen MR) is 60.1 cm³/mol. The molecular formula is C10H14N6O. The highest BCUT2D eigenvalue weighted by Gasteiger charge is 2.10. The van der Waals surface area contributed by atoms with Crippen LogP contribution in [0.15, 0.2) is 18.6 Å². The Hall–Kier alpha value is -2.02. The molecule has 0 aliphatic carbocycles. The molecule has 90 valence electrons. The second-order valence-electron chi connectivity index (χ2n) is 3.62. The van der Waals surface area contributed by atoms with E-state index in [1.807, 2.05) is 6.92 Å². The lowest BCUT2D eigenvalue weighted by Crippen LogP contribution is -2.10. The van der Waals surface area contributed by atoms with Crippen molar-refractivity contribution in [2.45, 2.75) is 26.6 Å². The minimum absolute atomic E-state index is 0.0434. The third-order valence-corrected chi connectivity index (χ3v) is 2.38. The van der Waals surface area contributed by atoms with Gasteiger partial charge in [0.15, 0.2) is 5.78 Å². The summed E-state index contributed by atoms with van der Waals surface area (Å²) in [6.07, 6.45) is 4.96. The number of Topliss-reactive ketones (excluding diaryl/α,β-unsaturated/α-hetero) is 1. The highest BCUT2D eigenvalue weighted by atomic mass is 16.1. The number of aromatic nitrogens is 5. The van der Waals surface area contributed by atoms with Crippen LogP contribution in [0.1, 0.15) is 23.0 Å². The molecule has 7 nitrogen and oxygen atoms in total. The van der Waals surface area contributed by atoms with Crippen molar-refractivity contribution < 1.29 is 4.79 Å². The quantitative estimate of drug-likeness (QED) is 0.725. The first kappa shape index (κ1) is 11.5. The third-order valence-electron chi connectivity index (χ3n) is 2.38. The summed E-state index contributed by atoms with van der Waals surface area (Å²) in [5.74, 6) is -0.0434. The van der Waals surface area contributed by atoms with Gasteiger partial charge in [0.05, 0.1) is 23.7 Å². The number of carbonyl (C=O) groups excluding carboxylic acids is 1. The van der Waals surface area contributed by atoms with Crippen LogP contribution in [0.2, 0.25) is 0 Å². The van der Waals surface area contributed by atoms with Crippen molar-refractivity contribution in [3.8, 4) is 0 Å².